The number of amides is 1. The molecule has 1 aliphatic rings. The molecule has 9 nitrogen and oxygen atoms in total. The van der Waals surface area contributed by atoms with E-state index in [4.69, 9.17) is 5.26 Å². The second kappa shape index (κ2) is 11.6. The molecular weight excluding hydrogens is 476 g/mol. The van der Waals surface area contributed by atoms with Crippen LogP contribution < -0.4 is 16.0 Å². The lowest BCUT2D eigenvalue weighted by Crippen LogP contribution is -2.31. The van der Waals surface area contributed by atoms with Gasteiger partial charge < -0.3 is 16.0 Å². The Hall–Kier alpha value is -4.03. The molecule has 198 valence electrons. The molecule has 0 unspecified atom stereocenters. The van der Waals surface area contributed by atoms with Gasteiger partial charge in [0.25, 0.3) is 5.91 Å². The number of fused-ring (bicyclic) bond motifs is 1. The molecule has 4 rings (SSSR count). The number of nitrogens with one attached hydrogen (secondary N) is 3. The van der Waals surface area contributed by atoms with Gasteiger partial charge in [0, 0.05) is 67.0 Å². The van der Waals surface area contributed by atoms with Crippen molar-refractivity contribution >= 4 is 29.0 Å². The molecule has 0 saturated carbocycles. The molecule has 0 aliphatic carbocycles. The van der Waals surface area contributed by atoms with Crippen LogP contribution in [0.1, 0.15) is 68.2 Å². The van der Waals surface area contributed by atoms with Gasteiger partial charge in [0.15, 0.2) is 0 Å². The van der Waals surface area contributed by atoms with Crippen LogP contribution in [0.25, 0.3) is 0 Å². The highest BCUT2D eigenvalue weighted by Gasteiger charge is 2.20. The number of carbonyl (C=O) groups is 1. The highest BCUT2D eigenvalue weighted by molar-refractivity contribution is 5.99. The maximum atomic E-state index is 12.9. The molecule has 0 saturated heterocycles. The van der Waals surface area contributed by atoms with Gasteiger partial charge in [-0.25, -0.2) is 4.98 Å². The first kappa shape index (κ1) is 27.0. The summed E-state index contributed by atoms with van der Waals surface area (Å²) < 4.78 is 0. The van der Waals surface area contributed by atoms with Crippen LogP contribution in [0.3, 0.4) is 0 Å². The summed E-state index contributed by atoms with van der Waals surface area (Å²) in [6.07, 6.45) is 4.80. The predicted octanol–water partition coefficient (Wildman–Crippen LogP) is 5.07. The molecule has 2 aromatic heterocycles. The molecule has 9 heteroatoms. The van der Waals surface area contributed by atoms with Crippen LogP contribution in [0.4, 0.5) is 23.1 Å². The van der Waals surface area contributed by atoms with Crippen molar-refractivity contribution in [2.45, 2.75) is 65.5 Å². The zero-order valence-corrected chi connectivity index (χ0v) is 22.8. The van der Waals surface area contributed by atoms with Gasteiger partial charge in [-0.05, 0) is 55.7 Å². The Morgan fingerprint density at radius 3 is 2.63 bits per heavy atom. The molecule has 3 N–H and O–H groups in total. The van der Waals surface area contributed by atoms with E-state index >= 15 is 0 Å². The van der Waals surface area contributed by atoms with Crippen molar-refractivity contribution in [1.29, 1.82) is 5.26 Å². The lowest BCUT2D eigenvalue weighted by molar-refractivity contribution is 0.0943. The van der Waals surface area contributed by atoms with E-state index in [2.05, 4.69) is 74.8 Å². The van der Waals surface area contributed by atoms with Crippen LogP contribution in [0, 0.1) is 11.3 Å². The van der Waals surface area contributed by atoms with Gasteiger partial charge in [0.1, 0.15) is 11.4 Å². The number of nitriles is 1. The molecule has 3 aromatic rings. The number of benzene rings is 1. The summed E-state index contributed by atoms with van der Waals surface area (Å²) in [7, 11) is 0. The monoisotopic (exact) mass is 512 g/mol. The number of pyridine rings is 1. The van der Waals surface area contributed by atoms with Crippen molar-refractivity contribution in [2.75, 3.05) is 23.7 Å². The van der Waals surface area contributed by atoms with Crippen LogP contribution in [0.15, 0.2) is 42.7 Å². The number of aromatic nitrogens is 3. The van der Waals surface area contributed by atoms with Crippen molar-refractivity contribution in [3.8, 4) is 6.07 Å². The van der Waals surface area contributed by atoms with Gasteiger partial charge >= 0.3 is 0 Å². The summed E-state index contributed by atoms with van der Waals surface area (Å²) in [4.78, 5) is 28.9. The Labute approximate surface area is 224 Å². The molecule has 38 heavy (non-hydrogen) atoms. The third kappa shape index (κ3) is 6.84. The van der Waals surface area contributed by atoms with Crippen molar-refractivity contribution in [3.63, 3.8) is 0 Å². The van der Waals surface area contributed by atoms with E-state index in [1.165, 1.54) is 11.1 Å². The molecule has 0 bridgehead atoms. The molecule has 0 fully saturated rings. The smallest absolute Gasteiger partial charge is 0.256 e. The first-order chi connectivity index (χ1) is 18.1. The van der Waals surface area contributed by atoms with Crippen LogP contribution >= 0.6 is 0 Å². The minimum atomic E-state index is -0.245. The fourth-order valence-electron chi connectivity index (χ4n) is 4.32. The normalized spacial score (nSPS) is 13.5. The molecule has 1 aliphatic heterocycles. The van der Waals surface area contributed by atoms with E-state index in [9.17, 15) is 4.79 Å². The summed E-state index contributed by atoms with van der Waals surface area (Å²) in [5.74, 6) is 0.550. The van der Waals surface area contributed by atoms with Crippen LogP contribution in [0.5, 0.6) is 0 Å². The maximum Gasteiger partial charge on any atom is 0.256 e. The molecule has 1 aromatic carbocycles. The van der Waals surface area contributed by atoms with Crippen molar-refractivity contribution in [2.24, 2.45) is 0 Å². The lowest BCUT2D eigenvalue weighted by atomic mass is 9.91. The highest BCUT2D eigenvalue weighted by Crippen LogP contribution is 2.27. The average molecular weight is 513 g/mol. The molecule has 0 radical (unpaired) electrons. The Bertz CT molecular complexity index is 1340. The first-order valence-corrected chi connectivity index (χ1v) is 13.0. The average Bonchev–Trinajstić information content (AvgIpc) is 2.86. The van der Waals surface area contributed by atoms with E-state index in [0.717, 1.165) is 43.1 Å². The Morgan fingerprint density at radius 1 is 1.11 bits per heavy atom. The SMILES string of the molecule is CC(C)NC(=O)c1cnc(Nc2ccc3c(c2)CN(CCC#N)CC3)nc1Nc1ccnc(C(C)(C)C)c1. The van der Waals surface area contributed by atoms with E-state index < -0.39 is 0 Å². The summed E-state index contributed by atoms with van der Waals surface area (Å²) in [6.45, 7) is 12.7. The molecule has 0 atom stereocenters. The van der Waals surface area contributed by atoms with Crippen molar-refractivity contribution in [3.05, 3.63) is 65.1 Å². The number of hydrogen-bond donors (Lipinski definition) is 3. The van der Waals surface area contributed by atoms with Gasteiger partial charge in [0.2, 0.25) is 5.95 Å². The molecule has 0 spiro atoms. The Kier molecular flexibility index (Phi) is 8.23. The maximum absolute atomic E-state index is 12.9. The number of carbonyl (C=O) groups excluding carboxylic acids is 1. The Balaban J connectivity index is 1.61. The number of rotatable bonds is 8. The third-order valence-corrected chi connectivity index (χ3v) is 6.34. The minimum absolute atomic E-state index is 0.0233. The van der Waals surface area contributed by atoms with Gasteiger partial charge in [-0.15, -0.1) is 0 Å². The summed E-state index contributed by atoms with van der Waals surface area (Å²) in [6, 6.07) is 12.3. The van der Waals surface area contributed by atoms with Gasteiger partial charge in [-0.1, -0.05) is 26.8 Å². The van der Waals surface area contributed by atoms with Crippen molar-refractivity contribution in [1.82, 2.24) is 25.2 Å². The lowest BCUT2D eigenvalue weighted by Gasteiger charge is -2.28. The minimum Gasteiger partial charge on any atom is -0.350 e. The van der Waals surface area contributed by atoms with Gasteiger partial charge in [0.05, 0.1) is 6.07 Å². The Morgan fingerprint density at radius 2 is 1.89 bits per heavy atom. The quantitative estimate of drug-likeness (QED) is 0.383. The number of hydrogen-bond acceptors (Lipinski definition) is 8. The topological polar surface area (TPSA) is 119 Å². The molecule has 3 heterocycles. The number of nitrogens with zero attached hydrogens (tertiary/aromatic N) is 5. The summed E-state index contributed by atoms with van der Waals surface area (Å²) in [5, 5.41) is 18.5. The van der Waals surface area contributed by atoms with E-state index in [1.807, 2.05) is 32.0 Å². The van der Waals surface area contributed by atoms with Gasteiger partial charge in [-0.3, -0.25) is 14.7 Å². The first-order valence-electron chi connectivity index (χ1n) is 13.0. The van der Waals surface area contributed by atoms with E-state index in [-0.39, 0.29) is 17.4 Å². The summed E-state index contributed by atoms with van der Waals surface area (Å²) in [5.41, 5.74) is 5.38. The van der Waals surface area contributed by atoms with Crippen molar-refractivity contribution < 1.29 is 4.79 Å². The van der Waals surface area contributed by atoms with E-state index in [0.29, 0.717) is 23.8 Å². The number of anilines is 4. The highest BCUT2D eigenvalue weighted by atomic mass is 16.1. The molecule has 1 amide bonds. The standard InChI is InChI=1S/C29H36N8O/c1-19(2)33-27(38)24-17-32-28(36-26(24)34-23-9-12-31-25(16-23)29(3,4)5)35-22-8-7-20-10-14-37(13-6-11-30)18-21(20)15-22/h7-9,12,15-17,19H,6,10,13-14,18H2,1-5H3,(H,33,38)(H2,31,32,34,35,36). The van der Waals surface area contributed by atoms with Crippen LogP contribution in [-0.2, 0) is 18.4 Å². The summed E-state index contributed by atoms with van der Waals surface area (Å²) >= 11 is 0. The zero-order valence-electron chi connectivity index (χ0n) is 22.8. The fraction of sp³-hybridized carbons (Fsp3) is 0.414. The van der Waals surface area contributed by atoms with Crippen LogP contribution in [0.2, 0.25) is 0 Å². The molecular formula is C29H36N8O. The van der Waals surface area contributed by atoms with Crippen LogP contribution in [-0.4, -0.2) is 44.9 Å². The second-order valence-corrected chi connectivity index (χ2v) is 10.9. The fourth-order valence-corrected chi connectivity index (χ4v) is 4.32. The largest absolute Gasteiger partial charge is 0.350 e. The predicted molar refractivity (Wildman–Crippen MR) is 150 cm³/mol. The zero-order chi connectivity index (χ0) is 27.3. The second-order valence-electron chi connectivity index (χ2n) is 10.9. The van der Waals surface area contributed by atoms with E-state index in [1.54, 1.807) is 12.4 Å². The van der Waals surface area contributed by atoms with Gasteiger partial charge in [-0.2, -0.15) is 10.2 Å². The third-order valence-electron chi connectivity index (χ3n) is 6.34.